The Kier molecular flexibility index (Phi) is 4.81. The number of piperidine rings is 1. The average Bonchev–Trinajstić information content (AvgIpc) is 2.93. The van der Waals surface area contributed by atoms with E-state index in [0.29, 0.717) is 5.92 Å². The van der Waals surface area contributed by atoms with Gasteiger partial charge in [-0.1, -0.05) is 13.8 Å². The molecular weight excluding hydrogens is 284 g/mol. The van der Waals surface area contributed by atoms with E-state index in [-0.39, 0.29) is 0 Å². The molecule has 0 amide bonds. The lowest BCUT2D eigenvalue weighted by Crippen LogP contribution is -2.35. The van der Waals surface area contributed by atoms with Crippen LogP contribution >= 0.6 is 0 Å². The van der Waals surface area contributed by atoms with Crippen molar-refractivity contribution in [2.24, 2.45) is 13.0 Å². The van der Waals surface area contributed by atoms with E-state index >= 15 is 0 Å². The van der Waals surface area contributed by atoms with Gasteiger partial charge in [0.05, 0.1) is 6.20 Å². The van der Waals surface area contributed by atoms with Crippen molar-refractivity contribution in [1.82, 2.24) is 19.7 Å². The first-order valence-corrected chi connectivity index (χ1v) is 8.71. The lowest BCUT2D eigenvalue weighted by molar-refractivity contribution is 0.191. The number of pyridine rings is 1. The lowest BCUT2D eigenvalue weighted by Gasteiger charge is -2.32. The van der Waals surface area contributed by atoms with Gasteiger partial charge >= 0.3 is 0 Å². The Morgan fingerprint density at radius 1 is 1.17 bits per heavy atom. The molecule has 0 aromatic carbocycles. The Balaban J connectivity index is 1.75. The summed E-state index contributed by atoms with van der Waals surface area (Å²) in [4.78, 5) is 7.43. The maximum Gasteiger partial charge on any atom is 0.0568 e. The molecule has 1 fully saturated rings. The number of likely N-dealkylation sites (tertiary alicyclic amines) is 1. The van der Waals surface area contributed by atoms with Crippen molar-refractivity contribution < 1.29 is 0 Å². The Hall–Kier alpha value is -1.68. The van der Waals surface area contributed by atoms with E-state index in [4.69, 9.17) is 4.98 Å². The van der Waals surface area contributed by atoms with Gasteiger partial charge < -0.3 is 4.90 Å². The standard InChI is InChI=1S/C19H28N4/c1-14(2)12-23-7-5-16(6-8-23)19-10-17(9-15(3)21-19)18-11-20-22(4)13-18/h9-11,13-14,16H,5-8,12H2,1-4H3. The van der Waals surface area contributed by atoms with Crippen molar-refractivity contribution >= 4 is 0 Å². The highest BCUT2D eigenvalue weighted by Crippen LogP contribution is 2.30. The van der Waals surface area contributed by atoms with Gasteiger partial charge in [-0.25, -0.2) is 0 Å². The van der Waals surface area contributed by atoms with E-state index < -0.39 is 0 Å². The minimum Gasteiger partial charge on any atom is -0.303 e. The van der Waals surface area contributed by atoms with Crippen molar-refractivity contribution in [2.45, 2.75) is 39.5 Å². The predicted octanol–water partition coefficient (Wildman–Crippen LogP) is 3.63. The number of aromatic nitrogens is 3. The molecule has 0 radical (unpaired) electrons. The van der Waals surface area contributed by atoms with Crippen LogP contribution in [0.15, 0.2) is 24.5 Å². The maximum atomic E-state index is 4.83. The predicted molar refractivity (Wildman–Crippen MR) is 94.4 cm³/mol. The van der Waals surface area contributed by atoms with E-state index in [1.165, 1.54) is 49.3 Å². The van der Waals surface area contributed by atoms with Gasteiger partial charge in [0, 0.05) is 42.7 Å². The summed E-state index contributed by atoms with van der Waals surface area (Å²) in [6, 6.07) is 4.43. The molecule has 4 heteroatoms. The SMILES string of the molecule is Cc1cc(-c2cnn(C)c2)cc(C2CCN(CC(C)C)CC2)n1. The van der Waals surface area contributed by atoms with Gasteiger partial charge in [-0.15, -0.1) is 0 Å². The van der Waals surface area contributed by atoms with Crippen LogP contribution in [0.4, 0.5) is 0 Å². The minimum atomic E-state index is 0.591. The molecule has 0 bridgehead atoms. The Bertz CT molecular complexity index is 651. The van der Waals surface area contributed by atoms with Gasteiger partial charge in [0.2, 0.25) is 0 Å². The monoisotopic (exact) mass is 312 g/mol. The second-order valence-electron chi connectivity index (χ2n) is 7.29. The molecule has 124 valence electrons. The summed E-state index contributed by atoms with van der Waals surface area (Å²) in [5.74, 6) is 1.34. The third-order valence-electron chi connectivity index (χ3n) is 4.64. The smallest absolute Gasteiger partial charge is 0.0568 e. The molecule has 0 saturated carbocycles. The van der Waals surface area contributed by atoms with Crippen LogP contribution in [0.1, 0.15) is 44.0 Å². The topological polar surface area (TPSA) is 34.0 Å². The Morgan fingerprint density at radius 2 is 1.91 bits per heavy atom. The average molecular weight is 312 g/mol. The molecule has 2 aromatic rings. The second-order valence-corrected chi connectivity index (χ2v) is 7.29. The van der Waals surface area contributed by atoms with Crippen molar-refractivity contribution in [3.63, 3.8) is 0 Å². The number of hydrogen-bond donors (Lipinski definition) is 0. The van der Waals surface area contributed by atoms with E-state index in [1.807, 2.05) is 17.9 Å². The van der Waals surface area contributed by atoms with Crippen molar-refractivity contribution in [3.05, 3.63) is 35.9 Å². The molecule has 1 saturated heterocycles. The van der Waals surface area contributed by atoms with Gasteiger partial charge in [-0.05, 0) is 56.5 Å². The molecule has 4 nitrogen and oxygen atoms in total. The first-order chi connectivity index (χ1) is 11.0. The van der Waals surface area contributed by atoms with Crippen LogP contribution in [-0.4, -0.2) is 39.3 Å². The molecule has 0 atom stereocenters. The largest absolute Gasteiger partial charge is 0.303 e. The number of aryl methyl sites for hydroxylation is 2. The highest BCUT2D eigenvalue weighted by atomic mass is 15.2. The Morgan fingerprint density at radius 3 is 2.52 bits per heavy atom. The van der Waals surface area contributed by atoms with Gasteiger partial charge in [0.25, 0.3) is 0 Å². The van der Waals surface area contributed by atoms with Crippen LogP contribution in [0.5, 0.6) is 0 Å². The number of hydrogen-bond acceptors (Lipinski definition) is 3. The third-order valence-corrected chi connectivity index (χ3v) is 4.64. The third kappa shape index (κ3) is 3.99. The summed E-state index contributed by atoms with van der Waals surface area (Å²) in [7, 11) is 1.96. The molecule has 23 heavy (non-hydrogen) atoms. The number of nitrogens with zero attached hydrogens (tertiary/aromatic N) is 4. The normalized spacial score (nSPS) is 17.1. The van der Waals surface area contributed by atoms with Crippen molar-refractivity contribution in [2.75, 3.05) is 19.6 Å². The maximum absolute atomic E-state index is 4.83. The van der Waals surface area contributed by atoms with Crippen LogP contribution in [0, 0.1) is 12.8 Å². The summed E-state index contributed by atoms with van der Waals surface area (Å²) >= 11 is 0. The van der Waals surface area contributed by atoms with Crippen LogP contribution < -0.4 is 0 Å². The molecule has 0 spiro atoms. The first-order valence-electron chi connectivity index (χ1n) is 8.71. The van der Waals surface area contributed by atoms with Crippen molar-refractivity contribution in [1.29, 1.82) is 0 Å². The molecule has 1 aliphatic heterocycles. The molecule has 0 N–H and O–H groups in total. The van der Waals surface area contributed by atoms with E-state index in [0.717, 1.165) is 11.6 Å². The minimum absolute atomic E-state index is 0.591. The number of rotatable bonds is 4. The summed E-state index contributed by atoms with van der Waals surface area (Å²) < 4.78 is 1.86. The summed E-state index contributed by atoms with van der Waals surface area (Å²) in [5, 5.41) is 4.29. The fraction of sp³-hybridized carbons (Fsp3) is 0.579. The Labute approximate surface area is 139 Å². The van der Waals surface area contributed by atoms with Crippen LogP contribution in [0.2, 0.25) is 0 Å². The van der Waals surface area contributed by atoms with Crippen LogP contribution in [0.3, 0.4) is 0 Å². The molecule has 0 unspecified atom stereocenters. The highest BCUT2D eigenvalue weighted by Gasteiger charge is 2.22. The fourth-order valence-corrected chi connectivity index (χ4v) is 3.57. The lowest BCUT2D eigenvalue weighted by atomic mass is 9.91. The van der Waals surface area contributed by atoms with E-state index in [9.17, 15) is 0 Å². The first kappa shape index (κ1) is 16.2. The quantitative estimate of drug-likeness (QED) is 0.864. The molecule has 0 aliphatic carbocycles. The van der Waals surface area contributed by atoms with Gasteiger partial charge in [0.1, 0.15) is 0 Å². The van der Waals surface area contributed by atoms with Crippen molar-refractivity contribution in [3.8, 4) is 11.1 Å². The summed E-state index contributed by atoms with van der Waals surface area (Å²) in [5.41, 5.74) is 4.78. The van der Waals surface area contributed by atoms with Gasteiger partial charge in [-0.3, -0.25) is 9.67 Å². The van der Waals surface area contributed by atoms with E-state index in [1.54, 1.807) is 0 Å². The van der Waals surface area contributed by atoms with Crippen LogP contribution in [-0.2, 0) is 7.05 Å². The summed E-state index contributed by atoms with van der Waals surface area (Å²) in [6.07, 6.45) is 6.44. The zero-order valence-electron chi connectivity index (χ0n) is 14.8. The fourth-order valence-electron chi connectivity index (χ4n) is 3.57. The highest BCUT2D eigenvalue weighted by molar-refractivity contribution is 5.62. The second kappa shape index (κ2) is 6.83. The van der Waals surface area contributed by atoms with E-state index in [2.05, 4.69) is 49.1 Å². The summed E-state index contributed by atoms with van der Waals surface area (Å²) in [6.45, 7) is 10.3. The zero-order valence-corrected chi connectivity index (χ0v) is 14.8. The van der Waals surface area contributed by atoms with Gasteiger partial charge in [0.15, 0.2) is 0 Å². The molecule has 3 rings (SSSR count). The molecule has 1 aliphatic rings. The van der Waals surface area contributed by atoms with Crippen LogP contribution in [0.25, 0.3) is 11.1 Å². The van der Waals surface area contributed by atoms with Gasteiger partial charge in [-0.2, -0.15) is 5.10 Å². The molecular formula is C19H28N4. The molecule has 2 aromatic heterocycles. The molecule has 3 heterocycles. The zero-order chi connectivity index (χ0) is 16.4.